The van der Waals surface area contributed by atoms with Gasteiger partial charge in [0.1, 0.15) is 6.10 Å². The van der Waals surface area contributed by atoms with Gasteiger partial charge in [-0.15, -0.1) is 0 Å². The summed E-state index contributed by atoms with van der Waals surface area (Å²) >= 11 is 0. The quantitative estimate of drug-likeness (QED) is 0.667. The molecule has 0 amide bonds. The van der Waals surface area contributed by atoms with Gasteiger partial charge in [-0.2, -0.15) is 0 Å². The van der Waals surface area contributed by atoms with E-state index < -0.39 is 5.97 Å². The molecule has 0 atom stereocenters. The number of carbonyl (C=O) groups is 1. The fourth-order valence-electron chi connectivity index (χ4n) is 1.84. The topological polar surface area (TPSA) is 52.6 Å². The molecular formula is C11H17O4. The summed E-state index contributed by atoms with van der Waals surface area (Å²) < 4.78 is 9.40. The van der Waals surface area contributed by atoms with Crippen molar-refractivity contribution in [1.29, 1.82) is 0 Å². The third-order valence-electron chi connectivity index (χ3n) is 2.60. The maximum Gasteiger partial charge on any atom is 0.418 e. The van der Waals surface area contributed by atoms with Gasteiger partial charge in [0.05, 0.1) is 0 Å². The lowest BCUT2D eigenvalue weighted by Gasteiger charge is -2.19. The van der Waals surface area contributed by atoms with Gasteiger partial charge in [-0.05, 0) is 25.7 Å². The van der Waals surface area contributed by atoms with Gasteiger partial charge in [-0.3, -0.25) is 0 Å². The Morgan fingerprint density at radius 2 is 1.73 bits per heavy atom. The predicted octanol–water partition coefficient (Wildman–Crippen LogP) is 1.73. The van der Waals surface area contributed by atoms with Gasteiger partial charge in [0.25, 0.3) is 0 Å². The highest BCUT2D eigenvalue weighted by molar-refractivity contribution is 5.72. The van der Waals surface area contributed by atoms with Crippen LogP contribution < -0.4 is 0 Å². The third kappa shape index (κ3) is 5.40. The van der Waals surface area contributed by atoms with E-state index in [0.717, 1.165) is 25.7 Å². The first kappa shape index (κ1) is 12.0. The summed E-state index contributed by atoms with van der Waals surface area (Å²) in [4.78, 5) is 20.9. The second-order valence-corrected chi connectivity index (χ2v) is 3.83. The van der Waals surface area contributed by atoms with Crippen LogP contribution in [0, 0.1) is 0 Å². The number of esters is 1. The van der Waals surface area contributed by atoms with Crippen molar-refractivity contribution in [3.63, 3.8) is 0 Å². The van der Waals surface area contributed by atoms with Crippen LogP contribution in [0.25, 0.3) is 0 Å². The fourth-order valence-corrected chi connectivity index (χ4v) is 1.84. The van der Waals surface area contributed by atoms with Crippen molar-refractivity contribution < 1.29 is 19.1 Å². The Labute approximate surface area is 89.9 Å². The van der Waals surface area contributed by atoms with Crippen molar-refractivity contribution in [2.75, 3.05) is 6.61 Å². The summed E-state index contributed by atoms with van der Waals surface area (Å²) in [6.45, 7) is 0.888. The van der Waals surface area contributed by atoms with Crippen molar-refractivity contribution in [2.24, 2.45) is 0 Å². The molecule has 0 aromatic carbocycles. The SMILES string of the molecule is O=[C]OCC(=O)OC1CCCCCCC1. The maximum absolute atomic E-state index is 11.1. The van der Waals surface area contributed by atoms with Crippen LogP contribution in [0.2, 0.25) is 0 Å². The Morgan fingerprint density at radius 1 is 1.13 bits per heavy atom. The minimum Gasteiger partial charge on any atom is -0.460 e. The Morgan fingerprint density at radius 3 is 2.33 bits per heavy atom. The molecule has 1 aliphatic carbocycles. The van der Waals surface area contributed by atoms with Crippen molar-refractivity contribution in [3.05, 3.63) is 0 Å². The summed E-state index contributed by atoms with van der Waals surface area (Å²) in [5.74, 6) is -0.469. The van der Waals surface area contributed by atoms with E-state index in [4.69, 9.17) is 4.74 Å². The van der Waals surface area contributed by atoms with Crippen LogP contribution in [0.1, 0.15) is 44.9 Å². The first-order valence-corrected chi connectivity index (χ1v) is 5.51. The summed E-state index contributed by atoms with van der Waals surface area (Å²) in [6, 6.07) is 0. The lowest BCUT2D eigenvalue weighted by molar-refractivity contribution is -0.152. The molecule has 0 heterocycles. The molecule has 0 saturated heterocycles. The van der Waals surface area contributed by atoms with E-state index in [-0.39, 0.29) is 12.7 Å². The smallest absolute Gasteiger partial charge is 0.418 e. The first-order valence-electron chi connectivity index (χ1n) is 5.51. The minimum absolute atomic E-state index is 0.00746. The molecule has 4 nitrogen and oxygen atoms in total. The van der Waals surface area contributed by atoms with Crippen LogP contribution in [0.3, 0.4) is 0 Å². The molecule has 1 fully saturated rings. The Balaban J connectivity index is 2.21. The lowest BCUT2D eigenvalue weighted by atomic mass is 9.99. The highest BCUT2D eigenvalue weighted by Gasteiger charge is 2.15. The molecule has 0 aromatic heterocycles. The number of carbonyl (C=O) groups excluding carboxylic acids is 2. The highest BCUT2D eigenvalue weighted by Crippen LogP contribution is 2.19. The van der Waals surface area contributed by atoms with E-state index in [2.05, 4.69) is 4.74 Å². The van der Waals surface area contributed by atoms with Gasteiger partial charge in [-0.25, -0.2) is 9.59 Å². The van der Waals surface area contributed by atoms with Crippen LogP contribution in [-0.2, 0) is 19.1 Å². The van der Waals surface area contributed by atoms with Crippen LogP contribution in [-0.4, -0.2) is 25.2 Å². The van der Waals surface area contributed by atoms with Crippen molar-refractivity contribution in [3.8, 4) is 0 Å². The average molecular weight is 213 g/mol. The maximum atomic E-state index is 11.1. The van der Waals surface area contributed by atoms with E-state index in [1.165, 1.54) is 25.7 Å². The van der Waals surface area contributed by atoms with Gasteiger partial charge in [-0.1, -0.05) is 19.3 Å². The molecule has 85 valence electrons. The summed E-state index contributed by atoms with van der Waals surface area (Å²) in [7, 11) is 0. The van der Waals surface area contributed by atoms with Crippen molar-refractivity contribution >= 4 is 12.4 Å². The Bertz CT molecular complexity index is 195. The molecular weight excluding hydrogens is 196 g/mol. The number of ether oxygens (including phenoxy) is 2. The van der Waals surface area contributed by atoms with Gasteiger partial charge < -0.3 is 9.47 Å². The Hall–Kier alpha value is -1.06. The zero-order valence-electron chi connectivity index (χ0n) is 8.87. The minimum atomic E-state index is -0.469. The van der Waals surface area contributed by atoms with Crippen LogP contribution >= 0.6 is 0 Å². The van der Waals surface area contributed by atoms with Crippen LogP contribution in [0.15, 0.2) is 0 Å². The molecule has 0 aromatic rings. The normalized spacial score (nSPS) is 18.7. The average Bonchev–Trinajstić information content (AvgIpc) is 2.19. The van der Waals surface area contributed by atoms with E-state index in [1.54, 1.807) is 0 Å². The zero-order chi connectivity index (χ0) is 10.9. The molecule has 1 saturated carbocycles. The molecule has 0 aliphatic heterocycles. The molecule has 15 heavy (non-hydrogen) atoms. The van der Waals surface area contributed by atoms with Crippen LogP contribution in [0.4, 0.5) is 0 Å². The van der Waals surface area contributed by atoms with Gasteiger partial charge in [0.15, 0.2) is 6.61 Å². The number of rotatable bonds is 4. The van der Waals surface area contributed by atoms with E-state index in [1.807, 2.05) is 0 Å². The molecule has 0 N–H and O–H groups in total. The van der Waals surface area contributed by atoms with Gasteiger partial charge in [0, 0.05) is 0 Å². The predicted molar refractivity (Wildman–Crippen MR) is 53.8 cm³/mol. The van der Waals surface area contributed by atoms with E-state index in [9.17, 15) is 9.59 Å². The second-order valence-electron chi connectivity index (χ2n) is 3.83. The monoisotopic (exact) mass is 213 g/mol. The molecule has 0 bridgehead atoms. The first-order chi connectivity index (χ1) is 7.33. The van der Waals surface area contributed by atoms with Crippen molar-refractivity contribution in [2.45, 2.75) is 51.0 Å². The number of hydrogen-bond donors (Lipinski definition) is 0. The molecule has 0 unspecified atom stereocenters. The molecule has 1 aliphatic rings. The van der Waals surface area contributed by atoms with Gasteiger partial charge >= 0.3 is 12.4 Å². The number of hydrogen-bond acceptors (Lipinski definition) is 4. The fraction of sp³-hybridized carbons (Fsp3) is 0.818. The third-order valence-corrected chi connectivity index (χ3v) is 2.60. The van der Waals surface area contributed by atoms with Crippen molar-refractivity contribution in [1.82, 2.24) is 0 Å². The zero-order valence-corrected chi connectivity index (χ0v) is 8.87. The summed E-state index contributed by atoms with van der Waals surface area (Å²) in [6.07, 6.45) is 7.79. The highest BCUT2D eigenvalue weighted by atomic mass is 16.6. The molecule has 1 rings (SSSR count). The standard InChI is InChI=1S/C11H17O4/c12-9-14-8-11(13)15-10-6-4-2-1-3-5-7-10/h10H,1-8H2. The van der Waals surface area contributed by atoms with E-state index >= 15 is 0 Å². The summed E-state index contributed by atoms with van der Waals surface area (Å²) in [5.41, 5.74) is 0. The lowest BCUT2D eigenvalue weighted by Crippen LogP contribution is -2.22. The molecule has 4 heteroatoms. The van der Waals surface area contributed by atoms with Gasteiger partial charge in [0.2, 0.25) is 0 Å². The second kappa shape index (κ2) is 7.26. The van der Waals surface area contributed by atoms with Crippen LogP contribution in [0.5, 0.6) is 0 Å². The largest absolute Gasteiger partial charge is 0.460 e. The molecule has 0 spiro atoms. The summed E-state index contributed by atoms with van der Waals surface area (Å²) in [5, 5.41) is 0. The Kier molecular flexibility index (Phi) is 5.81. The molecule has 1 radical (unpaired) electrons. The van der Waals surface area contributed by atoms with E-state index in [0.29, 0.717) is 0 Å².